The van der Waals surface area contributed by atoms with Crippen molar-refractivity contribution in [1.29, 1.82) is 0 Å². The Labute approximate surface area is 169 Å². The minimum atomic E-state index is -0.301. The summed E-state index contributed by atoms with van der Waals surface area (Å²) in [6, 6.07) is 24.4. The maximum absolute atomic E-state index is 12.2. The number of carbonyl (C=O) groups excluding carboxylic acids is 1. The molecule has 29 heavy (non-hydrogen) atoms. The summed E-state index contributed by atoms with van der Waals surface area (Å²) in [5.41, 5.74) is 5.74. The molecule has 0 unspecified atom stereocenters. The summed E-state index contributed by atoms with van der Waals surface area (Å²) in [6.07, 6.45) is 1.71. The molecule has 0 bridgehead atoms. The average Bonchev–Trinajstić information content (AvgIpc) is 2.71. The number of amides is 1. The minimum absolute atomic E-state index is 0.0868. The van der Waals surface area contributed by atoms with Crippen molar-refractivity contribution in [2.24, 2.45) is 5.10 Å². The van der Waals surface area contributed by atoms with Gasteiger partial charge in [-0.25, -0.2) is 5.43 Å². The van der Waals surface area contributed by atoms with E-state index in [4.69, 9.17) is 4.74 Å². The molecule has 4 aromatic carbocycles. The smallest absolute Gasteiger partial charge is 0.277 e. The van der Waals surface area contributed by atoms with Gasteiger partial charge in [-0.15, -0.1) is 0 Å². The highest BCUT2D eigenvalue weighted by Crippen LogP contribution is 2.27. The molecule has 4 heteroatoms. The molecular weight excluding hydrogens is 360 g/mol. The molecule has 4 rings (SSSR count). The van der Waals surface area contributed by atoms with Crippen molar-refractivity contribution in [1.82, 2.24) is 5.43 Å². The zero-order valence-electron chi connectivity index (χ0n) is 16.5. The Hall–Kier alpha value is -3.66. The Morgan fingerprint density at radius 1 is 0.897 bits per heavy atom. The Morgan fingerprint density at radius 2 is 1.48 bits per heavy atom. The maximum Gasteiger partial charge on any atom is 0.277 e. The fourth-order valence-corrected chi connectivity index (χ4v) is 3.55. The van der Waals surface area contributed by atoms with Crippen LogP contribution >= 0.6 is 0 Å². The number of nitrogens with zero attached hydrogens (tertiary/aromatic N) is 1. The van der Waals surface area contributed by atoms with E-state index in [1.807, 2.05) is 50.2 Å². The van der Waals surface area contributed by atoms with Crippen LogP contribution in [0.15, 0.2) is 77.9 Å². The zero-order valence-corrected chi connectivity index (χ0v) is 16.5. The number of aryl methyl sites for hydroxylation is 2. The van der Waals surface area contributed by atoms with Crippen LogP contribution in [-0.4, -0.2) is 18.7 Å². The number of hydrogen-bond acceptors (Lipinski definition) is 3. The molecule has 0 saturated heterocycles. The minimum Gasteiger partial charge on any atom is -0.484 e. The predicted molar refractivity (Wildman–Crippen MR) is 119 cm³/mol. The molecule has 0 aliphatic heterocycles. The molecule has 0 fully saturated rings. The lowest BCUT2D eigenvalue weighted by atomic mass is 9.97. The van der Waals surface area contributed by atoms with E-state index < -0.39 is 0 Å². The first-order chi connectivity index (χ1) is 14.1. The lowest BCUT2D eigenvalue weighted by Crippen LogP contribution is -2.24. The van der Waals surface area contributed by atoms with Crippen molar-refractivity contribution in [2.75, 3.05) is 6.61 Å². The molecule has 144 valence electrons. The first-order valence-electron chi connectivity index (χ1n) is 9.54. The van der Waals surface area contributed by atoms with E-state index in [1.54, 1.807) is 6.21 Å². The SMILES string of the molecule is Cc1cc(C)cc(OCC(=O)NN=Cc2c3ccccc3cc3ccccc23)c1. The molecule has 0 aromatic heterocycles. The quantitative estimate of drug-likeness (QED) is 0.295. The molecule has 1 N–H and O–H groups in total. The Bertz CT molecular complexity index is 1150. The van der Waals surface area contributed by atoms with E-state index in [0.717, 1.165) is 38.2 Å². The summed E-state index contributed by atoms with van der Waals surface area (Å²) in [6.45, 7) is 3.91. The largest absolute Gasteiger partial charge is 0.484 e. The summed E-state index contributed by atoms with van der Waals surface area (Å²) >= 11 is 0. The van der Waals surface area contributed by atoms with Gasteiger partial charge in [0.2, 0.25) is 0 Å². The molecule has 0 aliphatic carbocycles. The van der Waals surface area contributed by atoms with Gasteiger partial charge in [0.1, 0.15) is 5.75 Å². The van der Waals surface area contributed by atoms with Crippen LogP contribution < -0.4 is 10.2 Å². The monoisotopic (exact) mass is 382 g/mol. The van der Waals surface area contributed by atoms with Gasteiger partial charge in [-0.3, -0.25) is 4.79 Å². The van der Waals surface area contributed by atoms with Crippen molar-refractivity contribution >= 4 is 33.7 Å². The van der Waals surface area contributed by atoms with E-state index >= 15 is 0 Å². The van der Waals surface area contributed by atoms with Crippen molar-refractivity contribution in [3.05, 3.63) is 89.5 Å². The third-order valence-electron chi connectivity index (χ3n) is 4.76. The number of hydrazone groups is 1. The van der Waals surface area contributed by atoms with E-state index in [1.165, 1.54) is 0 Å². The van der Waals surface area contributed by atoms with Crippen LogP contribution in [0, 0.1) is 13.8 Å². The van der Waals surface area contributed by atoms with Crippen LogP contribution in [0.4, 0.5) is 0 Å². The molecular formula is C25H22N2O2. The van der Waals surface area contributed by atoms with Crippen molar-refractivity contribution in [3.8, 4) is 5.75 Å². The van der Waals surface area contributed by atoms with Gasteiger partial charge in [-0.2, -0.15) is 5.10 Å². The molecule has 4 nitrogen and oxygen atoms in total. The topological polar surface area (TPSA) is 50.7 Å². The molecule has 1 amide bonds. The van der Waals surface area contributed by atoms with Crippen LogP contribution in [0.25, 0.3) is 21.5 Å². The summed E-state index contributed by atoms with van der Waals surface area (Å²) in [5, 5.41) is 8.64. The van der Waals surface area contributed by atoms with Crippen molar-refractivity contribution in [2.45, 2.75) is 13.8 Å². The molecule has 0 atom stereocenters. The molecule has 0 heterocycles. The molecule has 0 saturated carbocycles. The number of ether oxygens (including phenoxy) is 1. The number of carbonyl (C=O) groups is 1. The number of nitrogens with one attached hydrogen (secondary N) is 1. The highest BCUT2D eigenvalue weighted by atomic mass is 16.5. The first kappa shape index (κ1) is 18.7. The van der Waals surface area contributed by atoms with E-state index in [9.17, 15) is 4.79 Å². The third-order valence-corrected chi connectivity index (χ3v) is 4.76. The second kappa shape index (κ2) is 8.15. The summed E-state index contributed by atoms with van der Waals surface area (Å²) < 4.78 is 5.59. The van der Waals surface area contributed by atoms with Gasteiger partial charge < -0.3 is 4.74 Å². The number of rotatable bonds is 5. The summed E-state index contributed by atoms with van der Waals surface area (Å²) in [7, 11) is 0. The first-order valence-corrected chi connectivity index (χ1v) is 9.54. The molecule has 0 spiro atoms. The van der Waals surface area contributed by atoms with E-state index in [-0.39, 0.29) is 12.5 Å². The van der Waals surface area contributed by atoms with E-state index in [2.05, 4.69) is 46.9 Å². The van der Waals surface area contributed by atoms with Crippen molar-refractivity contribution in [3.63, 3.8) is 0 Å². The second-order valence-electron chi connectivity index (χ2n) is 7.14. The third kappa shape index (κ3) is 4.27. The summed E-state index contributed by atoms with van der Waals surface area (Å²) in [4.78, 5) is 12.2. The fourth-order valence-electron chi connectivity index (χ4n) is 3.55. The highest BCUT2D eigenvalue weighted by Gasteiger charge is 2.06. The second-order valence-corrected chi connectivity index (χ2v) is 7.14. The highest BCUT2D eigenvalue weighted by molar-refractivity contribution is 6.13. The van der Waals surface area contributed by atoms with Crippen LogP contribution in [0.1, 0.15) is 16.7 Å². The Balaban J connectivity index is 1.51. The molecule has 0 aliphatic rings. The molecule has 4 aromatic rings. The van der Waals surface area contributed by atoms with Crippen molar-refractivity contribution < 1.29 is 9.53 Å². The van der Waals surface area contributed by atoms with E-state index in [0.29, 0.717) is 5.75 Å². The van der Waals surface area contributed by atoms with Gasteiger partial charge in [-0.1, -0.05) is 54.6 Å². The van der Waals surface area contributed by atoms with Gasteiger partial charge in [0.25, 0.3) is 5.91 Å². The van der Waals surface area contributed by atoms with Gasteiger partial charge in [0.15, 0.2) is 6.61 Å². The van der Waals surface area contributed by atoms with Gasteiger partial charge in [0.05, 0.1) is 6.21 Å². The number of benzene rings is 4. The lowest BCUT2D eigenvalue weighted by molar-refractivity contribution is -0.123. The zero-order chi connectivity index (χ0) is 20.2. The molecule has 0 radical (unpaired) electrons. The van der Waals surface area contributed by atoms with Gasteiger partial charge >= 0.3 is 0 Å². The fraction of sp³-hybridized carbons (Fsp3) is 0.120. The normalized spacial score (nSPS) is 11.2. The van der Waals surface area contributed by atoms with Crippen LogP contribution in [-0.2, 0) is 4.79 Å². The van der Waals surface area contributed by atoms with Crippen LogP contribution in [0.5, 0.6) is 5.75 Å². The Morgan fingerprint density at radius 3 is 2.10 bits per heavy atom. The standard InChI is InChI=1S/C25H22N2O2/c1-17-11-18(2)13-21(12-17)29-16-25(28)27-26-15-24-22-9-5-3-7-19(22)14-20-8-4-6-10-23(20)24/h3-15H,16H2,1-2H3,(H,27,28). The summed E-state index contributed by atoms with van der Waals surface area (Å²) in [5.74, 6) is 0.381. The lowest BCUT2D eigenvalue weighted by Gasteiger charge is -2.08. The number of hydrogen-bond donors (Lipinski definition) is 1. The van der Waals surface area contributed by atoms with Gasteiger partial charge in [0, 0.05) is 5.56 Å². The average molecular weight is 382 g/mol. The van der Waals surface area contributed by atoms with Gasteiger partial charge in [-0.05, 0) is 64.7 Å². The Kier molecular flexibility index (Phi) is 5.25. The maximum atomic E-state index is 12.2. The van der Waals surface area contributed by atoms with Crippen LogP contribution in [0.3, 0.4) is 0 Å². The van der Waals surface area contributed by atoms with Crippen LogP contribution in [0.2, 0.25) is 0 Å². The number of fused-ring (bicyclic) bond motifs is 2. The predicted octanol–water partition coefficient (Wildman–Crippen LogP) is 5.14.